The number of likely N-dealkylation sites (tertiary alicyclic amines) is 1. The number of aromatic nitrogens is 3. The van der Waals surface area contributed by atoms with Crippen LogP contribution in [-0.2, 0) is 35.6 Å². The molecule has 1 aromatic heterocycles. The Labute approximate surface area is 227 Å². The number of halogens is 3. The highest BCUT2D eigenvalue weighted by atomic mass is 32.2. The van der Waals surface area contributed by atoms with Gasteiger partial charge >= 0.3 is 6.18 Å². The molecule has 1 aliphatic carbocycles. The van der Waals surface area contributed by atoms with Gasteiger partial charge in [-0.3, -0.25) is 4.90 Å². The first-order valence-corrected chi connectivity index (χ1v) is 15.0. The summed E-state index contributed by atoms with van der Waals surface area (Å²) in [6, 6.07) is 9.97. The smallest absolute Gasteiger partial charge is 0.299 e. The summed E-state index contributed by atoms with van der Waals surface area (Å²) in [5, 5.41) is 8.63. The van der Waals surface area contributed by atoms with Crippen molar-refractivity contribution in [3.8, 4) is 0 Å². The molecule has 1 fully saturated rings. The summed E-state index contributed by atoms with van der Waals surface area (Å²) in [7, 11) is -4.14. The van der Waals surface area contributed by atoms with E-state index in [9.17, 15) is 21.6 Å². The maximum absolute atomic E-state index is 13.0. The van der Waals surface area contributed by atoms with Crippen LogP contribution in [0.2, 0.25) is 0 Å². The number of nitrogens with zero attached hydrogens (tertiary/aromatic N) is 4. The topological polar surface area (TPSA) is 80.1 Å². The normalized spacial score (nSPS) is 19.5. The molecule has 210 valence electrons. The van der Waals surface area contributed by atoms with Gasteiger partial charge in [0.15, 0.2) is 0 Å². The van der Waals surface area contributed by atoms with E-state index in [0.717, 1.165) is 57.1 Å². The monoisotopic (exact) mass is 561 g/mol. The highest BCUT2D eigenvalue weighted by Crippen LogP contribution is 2.34. The lowest BCUT2D eigenvalue weighted by Crippen LogP contribution is -2.34. The van der Waals surface area contributed by atoms with E-state index in [1.54, 1.807) is 6.92 Å². The zero-order chi connectivity index (χ0) is 27.6. The Kier molecular flexibility index (Phi) is 8.11. The van der Waals surface area contributed by atoms with Crippen LogP contribution in [0.4, 0.5) is 13.2 Å². The third-order valence-electron chi connectivity index (χ3n) is 7.57. The third-order valence-corrected chi connectivity index (χ3v) is 9.15. The van der Waals surface area contributed by atoms with Crippen molar-refractivity contribution in [2.24, 2.45) is 0 Å². The van der Waals surface area contributed by atoms with Gasteiger partial charge in [0.2, 0.25) is 10.0 Å². The molecule has 1 N–H and O–H groups in total. The van der Waals surface area contributed by atoms with Gasteiger partial charge in [-0.05, 0) is 87.0 Å². The number of benzene rings is 2. The van der Waals surface area contributed by atoms with Gasteiger partial charge in [-0.1, -0.05) is 35.9 Å². The highest BCUT2D eigenvalue weighted by Gasteiger charge is 2.32. The van der Waals surface area contributed by atoms with Crippen molar-refractivity contribution >= 4 is 10.0 Å². The molecule has 5 rings (SSSR count). The van der Waals surface area contributed by atoms with Gasteiger partial charge in [-0.2, -0.15) is 13.2 Å². The molecule has 0 saturated carbocycles. The summed E-state index contributed by atoms with van der Waals surface area (Å²) >= 11 is 0. The standard InChI is InChI=1S/C28H34F3N5O2S/c1-20(33-39(37,38)25-9-6-8-23(17-25)28(29,30)31)15-24-19-36(34-32-24)27-10-5-7-22-16-21(11-12-26(22)27)18-35-13-3-2-4-14-35/h6,8-9,11-12,16-17,19-20,27,33H,2-5,7,10,13-15,18H2,1H3. The van der Waals surface area contributed by atoms with Gasteiger partial charge in [0, 0.05) is 25.2 Å². The van der Waals surface area contributed by atoms with E-state index < -0.39 is 32.7 Å². The molecule has 2 aliphatic rings. The lowest BCUT2D eigenvalue weighted by atomic mass is 9.86. The second kappa shape index (κ2) is 11.4. The largest absolute Gasteiger partial charge is 0.416 e. The first-order chi connectivity index (χ1) is 18.6. The molecule has 0 spiro atoms. The highest BCUT2D eigenvalue weighted by molar-refractivity contribution is 7.89. The molecule has 2 atom stereocenters. The van der Waals surface area contributed by atoms with Crippen molar-refractivity contribution in [3.63, 3.8) is 0 Å². The summed E-state index contributed by atoms with van der Waals surface area (Å²) in [6.07, 6.45) is 4.37. The number of rotatable bonds is 8. The van der Waals surface area contributed by atoms with Crippen molar-refractivity contribution in [1.29, 1.82) is 0 Å². The molecule has 1 saturated heterocycles. The van der Waals surface area contributed by atoms with E-state index in [2.05, 4.69) is 38.1 Å². The molecular weight excluding hydrogens is 527 g/mol. The minimum absolute atomic E-state index is 0.0659. The van der Waals surface area contributed by atoms with E-state index >= 15 is 0 Å². The second-order valence-corrected chi connectivity index (χ2v) is 12.4. The Bertz CT molecular complexity index is 1400. The summed E-state index contributed by atoms with van der Waals surface area (Å²) in [5.74, 6) is 0. The summed E-state index contributed by atoms with van der Waals surface area (Å²) in [6.45, 7) is 4.97. The Balaban J connectivity index is 1.24. The molecule has 1 aliphatic heterocycles. The molecular formula is C28H34F3N5O2S. The van der Waals surface area contributed by atoms with Gasteiger partial charge in [0.25, 0.3) is 0 Å². The van der Waals surface area contributed by atoms with E-state index in [0.29, 0.717) is 11.8 Å². The Morgan fingerprint density at radius 2 is 1.87 bits per heavy atom. The van der Waals surface area contributed by atoms with Gasteiger partial charge in [0.1, 0.15) is 0 Å². The first kappa shape index (κ1) is 27.8. The lowest BCUT2D eigenvalue weighted by molar-refractivity contribution is -0.137. The number of piperidine rings is 1. The van der Waals surface area contributed by atoms with Crippen LogP contribution in [0.5, 0.6) is 0 Å². The van der Waals surface area contributed by atoms with Crippen molar-refractivity contribution in [2.75, 3.05) is 13.1 Å². The number of alkyl halides is 3. The van der Waals surface area contributed by atoms with E-state index in [1.165, 1.54) is 36.0 Å². The Morgan fingerprint density at radius 1 is 1.08 bits per heavy atom. The number of nitrogens with one attached hydrogen (secondary N) is 1. The molecule has 0 amide bonds. The van der Waals surface area contributed by atoms with Crippen LogP contribution < -0.4 is 4.72 Å². The third kappa shape index (κ3) is 6.70. The molecule has 2 aromatic carbocycles. The van der Waals surface area contributed by atoms with Crippen LogP contribution in [0.25, 0.3) is 0 Å². The zero-order valence-corrected chi connectivity index (χ0v) is 22.8. The quantitative estimate of drug-likeness (QED) is 0.413. The molecule has 0 bridgehead atoms. The maximum Gasteiger partial charge on any atom is 0.416 e. The predicted molar refractivity (Wildman–Crippen MR) is 142 cm³/mol. The molecule has 2 unspecified atom stereocenters. The average Bonchev–Trinajstić information content (AvgIpc) is 3.36. The van der Waals surface area contributed by atoms with Gasteiger partial charge < -0.3 is 0 Å². The number of aryl methyl sites for hydroxylation is 1. The molecule has 3 aromatic rings. The van der Waals surface area contributed by atoms with Gasteiger partial charge in [-0.25, -0.2) is 17.8 Å². The van der Waals surface area contributed by atoms with Crippen molar-refractivity contribution in [1.82, 2.24) is 24.6 Å². The van der Waals surface area contributed by atoms with Crippen molar-refractivity contribution in [3.05, 3.63) is 76.6 Å². The van der Waals surface area contributed by atoms with E-state index in [-0.39, 0.29) is 12.5 Å². The first-order valence-electron chi connectivity index (χ1n) is 13.5. The second-order valence-electron chi connectivity index (χ2n) is 10.7. The fraction of sp³-hybridized carbons (Fsp3) is 0.500. The molecule has 39 heavy (non-hydrogen) atoms. The molecule has 0 radical (unpaired) electrons. The number of hydrogen-bond acceptors (Lipinski definition) is 5. The SMILES string of the molecule is CC(Cc1cn(C2CCCc3cc(CN4CCCCC4)ccc32)nn1)NS(=O)(=O)c1cccc(C(F)(F)F)c1. The minimum Gasteiger partial charge on any atom is -0.299 e. The fourth-order valence-corrected chi connectivity index (χ4v) is 6.97. The molecule has 11 heteroatoms. The minimum atomic E-state index is -4.62. The Hall–Kier alpha value is -2.76. The van der Waals surface area contributed by atoms with Gasteiger partial charge in [0.05, 0.1) is 22.2 Å². The van der Waals surface area contributed by atoms with Crippen LogP contribution >= 0.6 is 0 Å². The lowest BCUT2D eigenvalue weighted by Gasteiger charge is -2.29. The number of hydrogen-bond donors (Lipinski definition) is 1. The summed E-state index contributed by atoms with van der Waals surface area (Å²) < 4.78 is 68.9. The molecule has 2 heterocycles. The number of fused-ring (bicyclic) bond motifs is 1. The van der Waals surface area contributed by atoms with Crippen molar-refractivity contribution < 1.29 is 21.6 Å². The predicted octanol–water partition coefficient (Wildman–Crippen LogP) is 5.12. The number of sulfonamides is 1. The summed E-state index contributed by atoms with van der Waals surface area (Å²) in [5.41, 5.74) is 3.55. The maximum atomic E-state index is 13.0. The van der Waals surface area contributed by atoms with Crippen molar-refractivity contribution in [2.45, 2.75) is 81.6 Å². The van der Waals surface area contributed by atoms with E-state index in [4.69, 9.17) is 0 Å². The Morgan fingerprint density at radius 3 is 2.64 bits per heavy atom. The molecule has 7 nitrogen and oxygen atoms in total. The average molecular weight is 562 g/mol. The summed E-state index contributed by atoms with van der Waals surface area (Å²) in [4.78, 5) is 2.10. The fourth-order valence-electron chi connectivity index (χ4n) is 5.68. The van der Waals surface area contributed by atoms with Crippen LogP contribution in [0.15, 0.2) is 53.6 Å². The van der Waals surface area contributed by atoms with Gasteiger partial charge in [-0.15, -0.1) is 5.10 Å². The van der Waals surface area contributed by atoms with Crippen LogP contribution in [0, 0.1) is 0 Å². The van der Waals surface area contributed by atoms with Crippen LogP contribution in [-0.4, -0.2) is 47.4 Å². The van der Waals surface area contributed by atoms with Crippen LogP contribution in [0.3, 0.4) is 0 Å². The van der Waals surface area contributed by atoms with Crippen LogP contribution in [0.1, 0.15) is 73.0 Å². The zero-order valence-electron chi connectivity index (χ0n) is 22.0. The van der Waals surface area contributed by atoms with E-state index in [1.807, 2.05) is 10.9 Å².